The van der Waals surface area contributed by atoms with Crippen LogP contribution >= 0.6 is 11.6 Å². The summed E-state index contributed by atoms with van der Waals surface area (Å²) in [5, 5.41) is 0.410. The maximum Gasteiger partial charge on any atom is 0.227 e. The average molecular weight is 197 g/mol. The summed E-state index contributed by atoms with van der Waals surface area (Å²) in [6, 6.07) is 1.91. The Bertz CT molecular complexity index is 365. The second-order valence-corrected chi connectivity index (χ2v) is 3.42. The van der Waals surface area contributed by atoms with Crippen LogP contribution in [0.3, 0.4) is 0 Å². The molecule has 3 nitrogen and oxygen atoms in total. The molecule has 2 heterocycles. The van der Waals surface area contributed by atoms with Crippen LogP contribution in [0, 0.1) is 0 Å². The molecule has 68 valence electrons. The molecule has 4 heteroatoms. The molecule has 1 aliphatic heterocycles. The molecule has 1 aromatic rings. The summed E-state index contributed by atoms with van der Waals surface area (Å²) in [5.74, 6) is 0.0994. The lowest BCUT2D eigenvalue weighted by atomic mass is 10.0. The highest BCUT2D eigenvalue weighted by Crippen LogP contribution is 2.31. The smallest absolute Gasteiger partial charge is 0.227 e. The SMILES string of the molecule is CN1C(=O)CCc2ccnc(Cl)c21. The Kier molecular flexibility index (Phi) is 1.96. The first-order chi connectivity index (χ1) is 6.20. The van der Waals surface area contributed by atoms with Crippen molar-refractivity contribution in [1.29, 1.82) is 0 Å². The van der Waals surface area contributed by atoms with Gasteiger partial charge in [0.15, 0.2) is 5.15 Å². The summed E-state index contributed by atoms with van der Waals surface area (Å²) in [6.07, 6.45) is 3.00. The molecule has 0 spiro atoms. The van der Waals surface area contributed by atoms with Gasteiger partial charge in [-0.05, 0) is 18.1 Å². The number of pyridine rings is 1. The van der Waals surface area contributed by atoms with Crippen molar-refractivity contribution in [1.82, 2.24) is 4.98 Å². The zero-order chi connectivity index (χ0) is 9.42. The third-order valence-electron chi connectivity index (χ3n) is 2.28. The number of halogens is 1. The van der Waals surface area contributed by atoms with E-state index < -0.39 is 0 Å². The van der Waals surface area contributed by atoms with E-state index in [4.69, 9.17) is 11.6 Å². The molecule has 2 rings (SSSR count). The standard InChI is InChI=1S/C9H9ClN2O/c1-12-7(13)3-2-6-4-5-11-9(10)8(6)12/h4-5H,2-3H2,1H3. The van der Waals surface area contributed by atoms with Crippen LogP contribution in [0.4, 0.5) is 5.69 Å². The lowest BCUT2D eigenvalue weighted by Crippen LogP contribution is -2.31. The molecule has 0 saturated carbocycles. The van der Waals surface area contributed by atoms with E-state index in [1.54, 1.807) is 18.1 Å². The van der Waals surface area contributed by atoms with Gasteiger partial charge in [0.1, 0.15) is 0 Å². The number of fused-ring (bicyclic) bond motifs is 1. The van der Waals surface area contributed by atoms with E-state index in [0.717, 1.165) is 17.7 Å². The number of hydrogen-bond acceptors (Lipinski definition) is 2. The molecule has 1 aliphatic rings. The van der Waals surface area contributed by atoms with Crippen LogP contribution in [0.15, 0.2) is 12.3 Å². The second-order valence-electron chi connectivity index (χ2n) is 3.06. The van der Waals surface area contributed by atoms with Crippen molar-refractivity contribution in [3.05, 3.63) is 23.0 Å². The van der Waals surface area contributed by atoms with Gasteiger partial charge in [-0.1, -0.05) is 11.6 Å². The fourth-order valence-electron chi connectivity index (χ4n) is 1.55. The fraction of sp³-hybridized carbons (Fsp3) is 0.333. The highest BCUT2D eigenvalue weighted by molar-refractivity contribution is 6.32. The van der Waals surface area contributed by atoms with Crippen molar-refractivity contribution in [2.45, 2.75) is 12.8 Å². The molecule has 1 amide bonds. The van der Waals surface area contributed by atoms with Crippen molar-refractivity contribution in [3.63, 3.8) is 0 Å². The van der Waals surface area contributed by atoms with Gasteiger partial charge in [0.25, 0.3) is 0 Å². The number of aromatic nitrogens is 1. The molecule has 0 unspecified atom stereocenters. The minimum Gasteiger partial charge on any atom is -0.312 e. The number of carbonyl (C=O) groups is 1. The van der Waals surface area contributed by atoms with Gasteiger partial charge >= 0.3 is 0 Å². The van der Waals surface area contributed by atoms with E-state index in [1.807, 2.05) is 6.07 Å². The van der Waals surface area contributed by atoms with Crippen molar-refractivity contribution in [3.8, 4) is 0 Å². The van der Waals surface area contributed by atoms with Gasteiger partial charge < -0.3 is 4.90 Å². The summed E-state index contributed by atoms with van der Waals surface area (Å²) in [5.41, 5.74) is 1.86. The molecular formula is C9H9ClN2O. The summed E-state index contributed by atoms with van der Waals surface area (Å²) in [4.78, 5) is 16.9. The van der Waals surface area contributed by atoms with Crippen molar-refractivity contribution in [2.75, 3.05) is 11.9 Å². The molecule has 13 heavy (non-hydrogen) atoms. The van der Waals surface area contributed by atoms with Gasteiger partial charge in [-0.3, -0.25) is 4.79 Å². The fourth-order valence-corrected chi connectivity index (χ4v) is 1.86. The van der Waals surface area contributed by atoms with Gasteiger partial charge in [-0.15, -0.1) is 0 Å². The van der Waals surface area contributed by atoms with Crippen LogP contribution in [-0.2, 0) is 11.2 Å². The van der Waals surface area contributed by atoms with Gasteiger partial charge in [-0.2, -0.15) is 0 Å². The molecule has 1 aromatic heterocycles. The van der Waals surface area contributed by atoms with Crippen LogP contribution in [0.1, 0.15) is 12.0 Å². The monoisotopic (exact) mass is 196 g/mol. The first kappa shape index (κ1) is 8.51. The highest BCUT2D eigenvalue weighted by Gasteiger charge is 2.23. The maximum atomic E-state index is 11.3. The number of nitrogens with zero attached hydrogens (tertiary/aromatic N) is 2. The Morgan fingerprint density at radius 3 is 3.08 bits per heavy atom. The molecule has 0 fully saturated rings. The number of aryl methyl sites for hydroxylation is 1. The molecule has 0 bridgehead atoms. The largest absolute Gasteiger partial charge is 0.312 e. The second kappa shape index (κ2) is 3.00. The van der Waals surface area contributed by atoms with Gasteiger partial charge in [0.05, 0.1) is 5.69 Å². The number of carbonyl (C=O) groups excluding carboxylic acids is 1. The first-order valence-corrected chi connectivity index (χ1v) is 4.48. The van der Waals surface area contributed by atoms with Gasteiger partial charge in [0, 0.05) is 19.7 Å². The Labute approximate surface area is 81.3 Å². The zero-order valence-electron chi connectivity index (χ0n) is 7.25. The molecule has 0 N–H and O–H groups in total. The average Bonchev–Trinajstić information content (AvgIpc) is 2.12. The topological polar surface area (TPSA) is 33.2 Å². The highest BCUT2D eigenvalue weighted by atomic mass is 35.5. The van der Waals surface area contributed by atoms with E-state index >= 15 is 0 Å². The molecule has 0 aliphatic carbocycles. The van der Waals surface area contributed by atoms with E-state index in [9.17, 15) is 4.79 Å². The number of hydrogen-bond donors (Lipinski definition) is 0. The Balaban J connectivity index is 2.57. The lowest BCUT2D eigenvalue weighted by molar-refractivity contribution is -0.118. The maximum absolute atomic E-state index is 11.3. The molecule has 0 atom stereocenters. The predicted octanol–water partition coefficient (Wildman–Crippen LogP) is 1.64. The molecular weight excluding hydrogens is 188 g/mol. The Hall–Kier alpha value is -1.09. The quantitative estimate of drug-likeness (QED) is 0.591. The minimum absolute atomic E-state index is 0.0994. The third-order valence-corrected chi connectivity index (χ3v) is 2.56. The minimum atomic E-state index is 0.0994. The number of anilines is 1. The summed E-state index contributed by atoms with van der Waals surface area (Å²) >= 11 is 5.90. The summed E-state index contributed by atoms with van der Waals surface area (Å²) < 4.78 is 0. The van der Waals surface area contributed by atoms with E-state index in [1.165, 1.54) is 0 Å². The summed E-state index contributed by atoms with van der Waals surface area (Å²) in [7, 11) is 1.73. The molecule has 0 aromatic carbocycles. The Morgan fingerprint density at radius 2 is 2.31 bits per heavy atom. The van der Waals surface area contributed by atoms with Crippen LogP contribution in [0.2, 0.25) is 5.15 Å². The number of amides is 1. The van der Waals surface area contributed by atoms with E-state index in [2.05, 4.69) is 4.98 Å². The van der Waals surface area contributed by atoms with Gasteiger partial charge in [0.2, 0.25) is 5.91 Å². The zero-order valence-corrected chi connectivity index (χ0v) is 8.01. The van der Waals surface area contributed by atoms with Crippen LogP contribution in [0.25, 0.3) is 0 Å². The first-order valence-electron chi connectivity index (χ1n) is 4.10. The number of rotatable bonds is 0. The summed E-state index contributed by atoms with van der Waals surface area (Å²) in [6.45, 7) is 0. The normalized spacial score (nSPS) is 15.8. The van der Waals surface area contributed by atoms with Crippen LogP contribution < -0.4 is 4.90 Å². The van der Waals surface area contributed by atoms with Gasteiger partial charge in [-0.25, -0.2) is 4.98 Å². The molecule has 0 saturated heterocycles. The Morgan fingerprint density at radius 1 is 1.54 bits per heavy atom. The van der Waals surface area contributed by atoms with Crippen molar-refractivity contribution in [2.24, 2.45) is 0 Å². The third kappa shape index (κ3) is 1.29. The molecule has 0 radical (unpaired) electrons. The van der Waals surface area contributed by atoms with Crippen molar-refractivity contribution < 1.29 is 4.79 Å². The predicted molar refractivity (Wildman–Crippen MR) is 51.0 cm³/mol. The lowest BCUT2D eigenvalue weighted by Gasteiger charge is -2.25. The van der Waals surface area contributed by atoms with Crippen LogP contribution in [0.5, 0.6) is 0 Å². The van der Waals surface area contributed by atoms with Crippen molar-refractivity contribution >= 4 is 23.2 Å². The van der Waals surface area contributed by atoms with E-state index in [0.29, 0.717) is 11.6 Å². The van der Waals surface area contributed by atoms with Crippen LogP contribution in [-0.4, -0.2) is 17.9 Å². The van der Waals surface area contributed by atoms with E-state index in [-0.39, 0.29) is 5.91 Å².